The molecule has 24 heavy (non-hydrogen) atoms. The van der Waals surface area contributed by atoms with Gasteiger partial charge in [-0.1, -0.05) is 18.2 Å². The summed E-state index contributed by atoms with van der Waals surface area (Å²) in [7, 11) is 0. The van der Waals surface area contributed by atoms with Crippen LogP contribution >= 0.6 is 0 Å². The molecular formula is C19H23FN2O2. The van der Waals surface area contributed by atoms with Crippen LogP contribution in [0.3, 0.4) is 0 Å². The van der Waals surface area contributed by atoms with Crippen molar-refractivity contribution in [1.29, 1.82) is 0 Å². The second kappa shape index (κ2) is 5.87. The Morgan fingerprint density at radius 1 is 1.12 bits per heavy atom. The molecule has 1 aromatic rings. The quantitative estimate of drug-likeness (QED) is 0.922. The van der Waals surface area contributed by atoms with Gasteiger partial charge >= 0.3 is 0 Å². The van der Waals surface area contributed by atoms with E-state index in [9.17, 15) is 14.0 Å². The molecule has 1 heterocycles. The molecule has 5 heteroatoms. The minimum absolute atomic E-state index is 0.0379. The molecule has 0 radical (unpaired) electrons. The number of benzene rings is 1. The van der Waals surface area contributed by atoms with E-state index in [1.807, 2.05) is 4.90 Å². The van der Waals surface area contributed by atoms with Gasteiger partial charge < -0.3 is 10.2 Å². The summed E-state index contributed by atoms with van der Waals surface area (Å²) in [6.07, 6.45) is 5.19. The molecule has 2 amide bonds. The molecule has 4 nitrogen and oxygen atoms in total. The zero-order chi connectivity index (χ0) is 16.7. The smallest absolute Gasteiger partial charge is 0.225 e. The van der Waals surface area contributed by atoms with Crippen molar-refractivity contribution in [3.05, 3.63) is 35.6 Å². The number of nitrogens with zero attached hydrogens (tertiary/aromatic N) is 1. The standard InChI is InChI=1S/C19H23FN2O2/c20-16-6-2-1-5-15(16)19(9-10-19)21-17(23)14-4-3-11-22(12-14)18(24)13-7-8-13/h1-2,5-6,13-14H,3-4,7-12H2,(H,21,23)/t14-/m1/s1. The summed E-state index contributed by atoms with van der Waals surface area (Å²) in [5.41, 5.74) is 0.0469. The second-order valence-electron chi connectivity index (χ2n) is 7.45. The molecule has 1 aliphatic heterocycles. The SMILES string of the molecule is O=C(NC1(c2ccccc2F)CC1)[C@@H]1CCCN(C(=O)C2CC2)C1. The molecule has 128 valence electrons. The molecule has 2 saturated carbocycles. The lowest BCUT2D eigenvalue weighted by Gasteiger charge is -2.33. The zero-order valence-corrected chi connectivity index (χ0v) is 13.8. The van der Waals surface area contributed by atoms with E-state index < -0.39 is 5.54 Å². The maximum Gasteiger partial charge on any atom is 0.225 e. The Kier molecular flexibility index (Phi) is 3.82. The third-order valence-corrected chi connectivity index (χ3v) is 5.53. The highest BCUT2D eigenvalue weighted by Gasteiger charge is 2.48. The van der Waals surface area contributed by atoms with Gasteiger partial charge in [-0.25, -0.2) is 4.39 Å². The predicted octanol–water partition coefficient (Wildman–Crippen LogP) is 2.58. The predicted molar refractivity (Wildman–Crippen MR) is 87.5 cm³/mol. The van der Waals surface area contributed by atoms with Gasteiger partial charge in [-0.2, -0.15) is 0 Å². The normalized spacial score (nSPS) is 25.2. The van der Waals surface area contributed by atoms with Crippen LogP contribution in [0.2, 0.25) is 0 Å². The molecule has 1 atom stereocenters. The molecule has 0 bridgehead atoms. The number of carbonyl (C=O) groups is 2. The topological polar surface area (TPSA) is 49.4 Å². The number of likely N-dealkylation sites (tertiary alicyclic amines) is 1. The Bertz CT molecular complexity index is 667. The number of hydrogen-bond acceptors (Lipinski definition) is 2. The van der Waals surface area contributed by atoms with E-state index in [1.165, 1.54) is 6.07 Å². The van der Waals surface area contributed by atoms with Gasteiger partial charge in [0.15, 0.2) is 0 Å². The minimum atomic E-state index is -0.537. The first-order valence-corrected chi connectivity index (χ1v) is 8.95. The second-order valence-corrected chi connectivity index (χ2v) is 7.45. The number of carbonyl (C=O) groups excluding carboxylic acids is 2. The monoisotopic (exact) mass is 330 g/mol. The van der Waals surface area contributed by atoms with Crippen LogP contribution in [-0.4, -0.2) is 29.8 Å². The molecular weight excluding hydrogens is 307 g/mol. The van der Waals surface area contributed by atoms with Gasteiger partial charge in [0.1, 0.15) is 5.82 Å². The van der Waals surface area contributed by atoms with Crippen LogP contribution in [0.25, 0.3) is 0 Å². The first kappa shape index (κ1) is 15.6. The molecule has 2 aliphatic carbocycles. The van der Waals surface area contributed by atoms with Crippen molar-refractivity contribution in [1.82, 2.24) is 10.2 Å². The van der Waals surface area contributed by atoms with Crippen LogP contribution in [0.4, 0.5) is 4.39 Å². The molecule has 4 rings (SSSR count). The molecule has 0 spiro atoms. The number of nitrogens with one attached hydrogen (secondary N) is 1. The number of amides is 2. The van der Waals surface area contributed by atoms with Gasteiger partial charge in [0.2, 0.25) is 11.8 Å². The van der Waals surface area contributed by atoms with E-state index in [2.05, 4.69) is 5.32 Å². The van der Waals surface area contributed by atoms with Gasteiger partial charge in [-0.05, 0) is 44.6 Å². The lowest BCUT2D eigenvalue weighted by molar-refractivity contribution is -0.137. The van der Waals surface area contributed by atoms with Crippen molar-refractivity contribution in [2.75, 3.05) is 13.1 Å². The highest BCUT2D eigenvalue weighted by molar-refractivity contribution is 5.84. The van der Waals surface area contributed by atoms with Crippen LogP contribution in [-0.2, 0) is 15.1 Å². The Balaban J connectivity index is 1.42. The lowest BCUT2D eigenvalue weighted by Crippen LogP contribution is -2.48. The van der Waals surface area contributed by atoms with E-state index in [-0.39, 0.29) is 29.5 Å². The summed E-state index contributed by atoms with van der Waals surface area (Å²) >= 11 is 0. The average molecular weight is 330 g/mol. The fourth-order valence-corrected chi connectivity index (χ4v) is 3.75. The lowest BCUT2D eigenvalue weighted by atomic mass is 9.95. The van der Waals surface area contributed by atoms with Crippen LogP contribution in [0.1, 0.15) is 44.1 Å². The molecule has 0 unspecified atom stereocenters. The summed E-state index contributed by atoms with van der Waals surface area (Å²) in [4.78, 5) is 26.8. The van der Waals surface area contributed by atoms with Crippen molar-refractivity contribution in [2.45, 2.75) is 44.1 Å². The third kappa shape index (κ3) is 2.92. The van der Waals surface area contributed by atoms with Crippen LogP contribution < -0.4 is 5.32 Å². The molecule has 1 N–H and O–H groups in total. The van der Waals surface area contributed by atoms with Gasteiger partial charge in [-0.15, -0.1) is 0 Å². The van der Waals surface area contributed by atoms with E-state index in [1.54, 1.807) is 18.2 Å². The van der Waals surface area contributed by atoms with Crippen molar-refractivity contribution in [3.8, 4) is 0 Å². The van der Waals surface area contributed by atoms with Gasteiger partial charge in [0.05, 0.1) is 11.5 Å². The highest BCUT2D eigenvalue weighted by Crippen LogP contribution is 2.46. The average Bonchev–Trinajstić information content (AvgIpc) is 3.50. The Hall–Kier alpha value is -1.91. The van der Waals surface area contributed by atoms with Crippen molar-refractivity contribution < 1.29 is 14.0 Å². The summed E-state index contributed by atoms with van der Waals surface area (Å²) < 4.78 is 14.1. The van der Waals surface area contributed by atoms with E-state index in [0.29, 0.717) is 12.1 Å². The maximum atomic E-state index is 14.1. The van der Waals surface area contributed by atoms with Crippen molar-refractivity contribution >= 4 is 11.8 Å². The molecule has 3 fully saturated rings. The zero-order valence-electron chi connectivity index (χ0n) is 13.8. The minimum Gasteiger partial charge on any atom is -0.346 e. The number of piperidine rings is 1. The van der Waals surface area contributed by atoms with Crippen LogP contribution in [0, 0.1) is 17.7 Å². The molecule has 1 saturated heterocycles. The Morgan fingerprint density at radius 2 is 1.88 bits per heavy atom. The third-order valence-electron chi connectivity index (χ3n) is 5.53. The molecule has 0 aromatic heterocycles. The van der Waals surface area contributed by atoms with Gasteiger partial charge in [-0.3, -0.25) is 9.59 Å². The van der Waals surface area contributed by atoms with Gasteiger partial charge in [0, 0.05) is 24.6 Å². The van der Waals surface area contributed by atoms with E-state index in [0.717, 1.165) is 45.1 Å². The first-order chi connectivity index (χ1) is 11.6. The molecule has 3 aliphatic rings. The van der Waals surface area contributed by atoms with Crippen molar-refractivity contribution in [3.63, 3.8) is 0 Å². The fourth-order valence-electron chi connectivity index (χ4n) is 3.75. The number of halogens is 1. The number of rotatable bonds is 4. The van der Waals surface area contributed by atoms with Crippen molar-refractivity contribution in [2.24, 2.45) is 11.8 Å². The highest BCUT2D eigenvalue weighted by atomic mass is 19.1. The molecule has 1 aromatic carbocycles. The van der Waals surface area contributed by atoms with E-state index in [4.69, 9.17) is 0 Å². The maximum absolute atomic E-state index is 14.1. The Morgan fingerprint density at radius 3 is 2.54 bits per heavy atom. The Labute approximate surface area is 141 Å². The van der Waals surface area contributed by atoms with E-state index >= 15 is 0 Å². The first-order valence-electron chi connectivity index (χ1n) is 8.95. The summed E-state index contributed by atoms with van der Waals surface area (Å²) in [6.45, 7) is 1.27. The summed E-state index contributed by atoms with van der Waals surface area (Å²) in [5.74, 6) is -0.0676. The summed E-state index contributed by atoms with van der Waals surface area (Å²) in [5, 5.41) is 3.08. The number of hydrogen-bond donors (Lipinski definition) is 1. The van der Waals surface area contributed by atoms with Gasteiger partial charge in [0.25, 0.3) is 0 Å². The fraction of sp³-hybridized carbons (Fsp3) is 0.579. The van der Waals surface area contributed by atoms with Crippen LogP contribution in [0.15, 0.2) is 24.3 Å². The largest absolute Gasteiger partial charge is 0.346 e. The van der Waals surface area contributed by atoms with Crippen LogP contribution in [0.5, 0.6) is 0 Å². The summed E-state index contributed by atoms with van der Waals surface area (Å²) in [6, 6.07) is 6.67.